The number of ketones is 1. The molecule has 0 saturated heterocycles. The van der Waals surface area contributed by atoms with Crippen molar-refractivity contribution < 1.29 is 19.2 Å². The fourth-order valence-corrected chi connectivity index (χ4v) is 2.22. The first-order chi connectivity index (χ1) is 9.52. The van der Waals surface area contributed by atoms with Crippen LogP contribution in [0.3, 0.4) is 0 Å². The molecule has 2 unspecified atom stereocenters. The van der Waals surface area contributed by atoms with Crippen LogP contribution < -0.4 is 4.74 Å². The summed E-state index contributed by atoms with van der Waals surface area (Å²) in [6.07, 6.45) is 0.133. The second-order valence-corrected chi connectivity index (χ2v) is 5.34. The Morgan fingerprint density at radius 1 is 1.50 bits per heavy atom. The molecule has 20 heavy (non-hydrogen) atoms. The Morgan fingerprint density at radius 3 is 2.85 bits per heavy atom. The van der Waals surface area contributed by atoms with Crippen LogP contribution >= 0.6 is 15.9 Å². The molecule has 1 fully saturated rings. The molecule has 2 rings (SSSR count). The van der Waals surface area contributed by atoms with E-state index in [2.05, 4.69) is 15.9 Å². The number of halogens is 1. The van der Waals surface area contributed by atoms with Crippen LogP contribution in [-0.2, 0) is 9.53 Å². The first-order valence-electron chi connectivity index (χ1n) is 6.28. The zero-order valence-electron chi connectivity index (χ0n) is 10.9. The molecule has 1 aromatic rings. The number of hydrogen-bond donors (Lipinski definition) is 0. The molecule has 7 heteroatoms. The molecule has 0 heterocycles. The molecular formula is C13H14BrNO5. The molecule has 0 amide bonds. The van der Waals surface area contributed by atoms with Gasteiger partial charge in [-0.3, -0.25) is 14.9 Å². The van der Waals surface area contributed by atoms with Gasteiger partial charge >= 0.3 is 0 Å². The molecule has 0 aliphatic heterocycles. The number of carbonyl (C=O) groups excluding carboxylic acids is 1. The van der Waals surface area contributed by atoms with E-state index in [1.165, 1.54) is 12.1 Å². The minimum Gasteiger partial charge on any atom is -0.485 e. The number of benzene rings is 1. The van der Waals surface area contributed by atoms with Gasteiger partial charge in [-0.1, -0.05) is 6.92 Å². The minimum absolute atomic E-state index is 0.00463. The zero-order valence-corrected chi connectivity index (χ0v) is 12.5. The average molecular weight is 344 g/mol. The summed E-state index contributed by atoms with van der Waals surface area (Å²) >= 11 is 3.28. The predicted molar refractivity (Wildman–Crippen MR) is 74.9 cm³/mol. The van der Waals surface area contributed by atoms with Gasteiger partial charge < -0.3 is 9.47 Å². The van der Waals surface area contributed by atoms with Crippen LogP contribution in [0.4, 0.5) is 5.69 Å². The molecule has 0 aromatic heterocycles. The fourth-order valence-electron chi connectivity index (χ4n) is 1.88. The summed E-state index contributed by atoms with van der Waals surface area (Å²) < 4.78 is 11.7. The van der Waals surface area contributed by atoms with Gasteiger partial charge in [-0.15, -0.1) is 0 Å². The smallest absolute Gasteiger partial charge is 0.273 e. The Hall–Kier alpha value is -1.47. The van der Waals surface area contributed by atoms with Gasteiger partial charge in [0.1, 0.15) is 11.9 Å². The third-order valence-corrected chi connectivity index (χ3v) is 3.62. The summed E-state index contributed by atoms with van der Waals surface area (Å²) in [5.74, 6) is 0.354. The number of ether oxygens (including phenoxy) is 2. The van der Waals surface area contributed by atoms with Gasteiger partial charge in [0, 0.05) is 19.1 Å². The van der Waals surface area contributed by atoms with Crippen molar-refractivity contribution in [3.05, 3.63) is 32.8 Å². The van der Waals surface area contributed by atoms with Crippen LogP contribution in [0, 0.1) is 10.1 Å². The molecule has 0 radical (unpaired) electrons. The molecule has 1 aliphatic carbocycles. The van der Waals surface area contributed by atoms with Crippen LogP contribution in [0.25, 0.3) is 0 Å². The number of Topliss-reactive ketones (excluding diaryl/α,β-unsaturated/α-hetero) is 1. The number of hydrogen-bond acceptors (Lipinski definition) is 5. The van der Waals surface area contributed by atoms with Crippen molar-refractivity contribution in [1.82, 2.24) is 0 Å². The summed E-state index contributed by atoms with van der Waals surface area (Å²) in [5, 5.41) is 10.7. The second-order valence-electron chi connectivity index (χ2n) is 4.49. The lowest BCUT2D eigenvalue weighted by Gasteiger charge is -2.34. The maximum absolute atomic E-state index is 11.5. The van der Waals surface area contributed by atoms with Crippen LogP contribution in [0.2, 0.25) is 0 Å². The Kier molecular flexibility index (Phi) is 4.72. The van der Waals surface area contributed by atoms with Crippen LogP contribution in [0.15, 0.2) is 22.7 Å². The molecular weight excluding hydrogens is 330 g/mol. The number of rotatable bonds is 6. The predicted octanol–water partition coefficient (Wildman–Crippen LogP) is 2.87. The molecule has 0 spiro atoms. The van der Waals surface area contributed by atoms with E-state index >= 15 is 0 Å². The summed E-state index contributed by atoms with van der Waals surface area (Å²) in [7, 11) is 0. The van der Waals surface area contributed by atoms with Crippen LogP contribution in [-0.4, -0.2) is 29.5 Å². The molecule has 1 aromatic carbocycles. The standard InChI is InChI=1S/C13H14BrNO5/c1-2-5-19-13-10(16)7-12(13)20-11-6-8(15(17)18)3-4-9(11)14/h3-4,6,12-13H,2,5,7H2,1H3. The highest BCUT2D eigenvalue weighted by atomic mass is 79.9. The third-order valence-electron chi connectivity index (χ3n) is 2.96. The normalized spacial score (nSPS) is 21.4. The van der Waals surface area contributed by atoms with Gasteiger partial charge in [-0.2, -0.15) is 0 Å². The Morgan fingerprint density at radius 2 is 2.25 bits per heavy atom. The highest BCUT2D eigenvalue weighted by molar-refractivity contribution is 9.10. The fraction of sp³-hybridized carbons (Fsp3) is 0.462. The zero-order chi connectivity index (χ0) is 14.7. The maximum Gasteiger partial charge on any atom is 0.273 e. The summed E-state index contributed by atoms with van der Waals surface area (Å²) in [6.45, 7) is 2.45. The van der Waals surface area contributed by atoms with E-state index in [9.17, 15) is 14.9 Å². The van der Waals surface area contributed by atoms with Gasteiger partial charge in [-0.25, -0.2) is 0 Å². The van der Waals surface area contributed by atoms with Gasteiger partial charge in [-0.05, 0) is 28.4 Å². The molecule has 0 N–H and O–H groups in total. The van der Waals surface area contributed by atoms with Crippen molar-refractivity contribution in [2.24, 2.45) is 0 Å². The Bertz CT molecular complexity index is 533. The molecule has 6 nitrogen and oxygen atoms in total. The van der Waals surface area contributed by atoms with Gasteiger partial charge in [0.05, 0.1) is 15.5 Å². The number of nitrogens with zero attached hydrogens (tertiary/aromatic N) is 1. The van der Waals surface area contributed by atoms with E-state index in [0.29, 0.717) is 16.8 Å². The lowest BCUT2D eigenvalue weighted by atomic mass is 9.90. The van der Waals surface area contributed by atoms with Gasteiger partial charge in [0.15, 0.2) is 11.9 Å². The largest absolute Gasteiger partial charge is 0.485 e. The van der Waals surface area contributed by atoms with Crippen LogP contribution in [0.1, 0.15) is 19.8 Å². The minimum atomic E-state index is -0.568. The van der Waals surface area contributed by atoms with Crippen LogP contribution in [0.5, 0.6) is 5.75 Å². The van der Waals surface area contributed by atoms with Crippen molar-refractivity contribution in [3.8, 4) is 5.75 Å². The summed E-state index contributed by atoms with van der Waals surface area (Å²) in [5.41, 5.74) is -0.0557. The van der Waals surface area contributed by atoms with Gasteiger partial charge in [0.2, 0.25) is 0 Å². The van der Waals surface area contributed by atoms with Crippen molar-refractivity contribution in [3.63, 3.8) is 0 Å². The summed E-state index contributed by atoms with van der Waals surface area (Å²) in [4.78, 5) is 21.7. The number of carbonyl (C=O) groups is 1. The van der Waals surface area contributed by atoms with Crippen molar-refractivity contribution >= 4 is 27.4 Å². The van der Waals surface area contributed by atoms with E-state index < -0.39 is 11.0 Å². The lowest BCUT2D eigenvalue weighted by Crippen LogP contribution is -2.52. The molecule has 0 bridgehead atoms. The Balaban J connectivity index is 2.08. The monoisotopic (exact) mass is 343 g/mol. The first kappa shape index (κ1) is 14.9. The molecule has 1 aliphatic rings. The van der Waals surface area contributed by atoms with Crippen molar-refractivity contribution in [2.45, 2.75) is 32.0 Å². The number of nitro benzene ring substituents is 1. The number of nitro groups is 1. The van der Waals surface area contributed by atoms with E-state index in [1.807, 2.05) is 6.92 Å². The first-order valence-corrected chi connectivity index (χ1v) is 7.07. The van der Waals surface area contributed by atoms with E-state index in [-0.39, 0.29) is 24.0 Å². The van der Waals surface area contributed by atoms with E-state index in [0.717, 1.165) is 6.42 Å². The van der Waals surface area contributed by atoms with E-state index in [1.54, 1.807) is 6.07 Å². The van der Waals surface area contributed by atoms with Gasteiger partial charge in [0.25, 0.3) is 5.69 Å². The highest BCUT2D eigenvalue weighted by Gasteiger charge is 2.43. The van der Waals surface area contributed by atoms with Crippen molar-refractivity contribution in [2.75, 3.05) is 6.61 Å². The lowest BCUT2D eigenvalue weighted by molar-refractivity contribution is -0.385. The quantitative estimate of drug-likeness (QED) is 0.586. The highest BCUT2D eigenvalue weighted by Crippen LogP contribution is 2.33. The molecule has 1 saturated carbocycles. The van der Waals surface area contributed by atoms with E-state index in [4.69, 9.17) is 9.47 Å². The Labute approximate surface area is 124 Å². The van der Waals surface area contributed by atoms with Crippen molar-refractivity contribution in [1.29, 1.82) is 0 Å². The SMILES string of the molecule is CCCOC1C(=O)CC1Oc1cc([N+](=O)[O-])ccc1Br. The second kappa shape index (κ2) is 6.32. The number of non-ortho nitro benzene ring substituents is 1. The summed E-state index contributed by atoms with van der Waals surface area (Å²) in [6, 6.07) is 4.27. The topological polar surface area (TPSA) is 78.7 Å². The average Bonchev–Trinajstić information content (AvgIpc) is 2.40. The maximum atomic E-state index is 11.5. The third kappa shape index (κ3) is 3.16. The molecule has 108 valence electrons. The molecule has 2 atom stereocenters.